The molecule has 20 heavy (non-hydrogen) atoms. The van der Waals surface area contributed by atoms with Crippen LogP contribution in [0.4, 0.5) is 4.39 Å². The molecule has 2 rings (SSSR count). The molecule has 2 aromatic carbocycles. The summed E-state index contributed by atoms with van der Waals surface area (Å²) in [6, 6.07) is 11.7. The van der Waals surface area contributed by atoms with Gasteiger partial charge in [-0.25, -0.2) is 9.18 Å². The second-order valence-corrected chi connectivity index (χ2v) is 4.35. The maximum absolute atomic E-state index is 13.4. The molecular formula is C16H15FO3. The summed E-state index contributed by atoms with van der Waals surface area (Å²) in [5.74, 6) is -0.309. The van der Waals surface area contributed by atoms with E-state index in [1.165, 1.54) is 13.2 Å². The smallest absolute Gasteiger partial charge is 0.338 e. The van der Waals surface area contributed by atoms with Crippen LogP contribution >= 0.6 is 0 Å². The number of rotatable bonds is 4. The van der Waals surface area contributed by atoms with E-state index in [1.54, 1.807) is 43.3 Å². The van der Waals surface area contributed by atoms with Gasteiger partial charge in [-0.05, 0) is 24.6 Å². The summed E-state index contributed by atoms with van der Waals surface area (Å²) < 4.78 is 23.6. The average Bonchev–Trinajstić information content (AvgIpc) is 2.48. The lowest BCUT2D eigenvalue weighted by atomic mass is 10.1. The van der Waals surface area contributed by atoms with Gasteiger partial charge >= 0.3 is 5.97 Å². The van der Waals surface area contributed by atoms with Gasteiger partial charge in [-0.1, -0.05) is 24.3 Å². The average molecular weight is 274 g/mol. The Bertz CT molecular complexity index is 623. The molecule has 0 aliphatic carbocycles. The van der Waals surface area contributed by atoms with Crippen LogP contribution in [0.2, 0.25) is 0 Å². The Morgan fingerprint density at radius 2 is 1.95 bits per heavy atom. The van der Waals surface area contributed by atoms with Crippen molar-refractivity contribution in [1.82, 2.24) is 0 Å². The van der Waals surface area contributed by atoms with Gasteiger partial charge in [-0.2, -0.15) is 0 Å². The van der Waals surface area contributed by atoms with Crippen LogP contribution in [0.3, 0.4) is 0 Å². The third-order valence-electron chi connectivity index (χ3n) is 2.96. The summed E-state index contributed by atoms with van der Waals surface area (Å²) >= 11 is 0. The van der Waals surface area contributed by atoms with E-state index < -0.39 is 5.97 Å². The van der Waals surface area contributed by atoms with Crippen molar-refractivity contribution in [3.05, 3.63) is 65.0 Å². The van der Waals surface area contributed by atoms with Gasteiger partial charge in [0.15, 0.2) is 0 Å². The molecule has 0 unspecified atom stereocenters. The number of hydrogen-bond acceptors (Lipinski definition) is 3. The first kappa shape index (κ1) is 14.1. The second kappa shape index (κ2) is 6.19. The Morgan fingerprint density at radius 1 is 1.20 bits per heavy atom. The van der Waals surface area contributed by atoms with Gasteiger partial charge in [0, 0.05) is 11.6 Å². The molecule has 0 fully saturated rings. The van der Waals surface area contributed by atoms with Gasteiger partial charge in [-0.3, -0.25) is 0 Å². The van der Waals surface area contributed by atoms with Crippen LogP contribution in [0.1, 0.15) is 21.5 Å². The van der Waals surface area contributed by atoms with Crippen LogP contribution in [-0.2, 0) is 11.3 Å². The topological polar surface area (TPSA) is 35.5 Å². The van der Waals surface area contributed by atoms with Gasteiger partial charge in [0.1, 0.15) is 18.2 Å². The maximum Gasteiger partial charge on any atom is 0.338 e. The summed E-state index contributed by atoms with van der Waals surface area (Å²) in [7, 11) is 1.33. The highest BCUT2D eigenvalue weighted by Crippen LogP contribution is 2.18. The minimum absolute atomic E-state index is 0.174. The number of methoxy groups -OCH3 is 1. The predicted octanol–water partition coefficient (Wildman–Crippen LogP) is 3.50. The lowest BCUT2D eigenvalue weighted by Gasteiger charge is -2.10. The molecule has 0 saturated heterocycles. The summed E-state index contributed by atoms with van der Waals surface area (Å²) in [6.45, 7) is 1.86. The van der Waals surface area contributed by atoms with Crippen molar-refractivity contribution < 1.29 is 18.7 Å². The summed E-state index contributed by atoms with van der Waals surface area (Å²) in [6.07, 6.45) is 0. The van der Waals surface area contributed by atoms with E-state index >= 15 is 0 Å². The van der Waals surface area contributed by atoms with E-state index in [4.69, 9.17) is 9.47 Å². The van der Waals surface area contributed by atoms with E-state index in [0.717, 1.165) is 0 Å². The molecule has 0 aromatic heterocycles. The summed E-state index contributed by atoms with van der Waals surface area (Å²) in [5.41, 5.74) is 1.70. The zero-order valence-corrected chi connectivity index (χ0v) is 11.4. The molecule has 0 atom stereocenters. The number of esters is 1. The predicted molar refractivity (Wildman–Crippen MR) is 73.3 cm³/mol. The van der Waals surface area contributed by atoms with Crippen molar-refractivity contribution in [3.8, 4) is 5.75 Å². The monoisotopic (exact) mass is 274 g/mol. The minimum Gasteiger partial charge on any atom is -0.489 e. The van der Waals surface area contributed by atoms with Gasteiger partial charge in [-0.15, -0.1) is 0 Å². The Balaban J connectivity index is 2.14. The number of halogens is 1. The first-order chi connectivity index (χ1) is 9.61. The fourth-order valence-electron chi connectivity index (χ4n) is 1.78. The van der Waals surface area contributed by atoms with Crippen molar-refractivity contribution in [1.29, 1.82) is 0 Å². The molecular weight excluding hydrogens is 259 g/mol. The molecule has 104 valence electrons. The van der Waals surface area contributed by atoms with E-state index in [1.807, 2.05) is 0 Å². The molecule has 4 heteroatoms. The van der Waals surface area contributed by atoms with Gasteiger partial charge in [0.2, 0.25) is 0 Å². The molecule has 0 aliphatic rings. The van der Waals surface area contributed by atoms with Crippen LogP contribution in [0.5, 0.6) is 5.75 Å². The number of ether oxygens (including phenoxy) is 2. The largest absolute Gasteiger partial charge is 0.489 e. The molecule has 0 N–H and O–H groups in total. The second-order valence-electron chi connectivity index (χ2n) is 4.35. The molecule has 0 amide bonds. The first-order valence-corrected chi connectivity index (χ1v) is 6.17. The molecule has 0 bridgehead atoms. The highest BCUT2D eigenvalue weighted by Gasteiger charge is 2.11. The molecule has 0 saturated carbocycles. The van der Waals surface area contributed by atoms with Crippen molar-refractivity contribution in [2.75, 3.05) is 7.11 Å². The van der Waals surface area contributed by atoms with Gasteiger partial charge in [0.05, 0.1) is 12.7 Å². The Morgan fingerprint density at radius 3 is 2.65 bits per heavy atom. The standard InChI is InChI=1S/C16H15FO3/c1-11-7-8-13(9-15(11)17)20-10-12-5-3-4-6-14(12)16(18)19-2/h3-9H,10H2,1-2H3. The maximum atomic E-state index is 13.4. The third kappa shape index (κ3) is 3.15. The van der Waals surface area contributed by atoms with Gasteiger partial charge in [0.25, 0.3) is 0 Å². The molecule has 0 radical (unpaired) electrons. The van der Waals surface area contributed by atoms with E-state index in [2.05, 4.69) is 0 Å². The van der Waals surface area contributed by atoms with Crippen LogP contribution in [-0.4, -0.2) is 13.1 Å². The third-order valence-corrected chi connectivity index (χ3v) is 2.96. The van der Waals surface area contributed by atoms with Crippen LogP contribution in [0, 0.1) is 12.7 Å². The van der Waals surface area contributed by atoms with Crippen LogP contribution in [0.25, 0.3) is 0 Å². The molecule has 0 heterocycles. The first-order valence-electron chi connectivity index (χ1n) is 6.17. The quantitative estimate of drug-likeness (QED) is 0.800. The Labute approximate surface area is 117 Å². The highest BCUT2D eigenvalue weighted by molar-refractivity contribution is 5.90. The van der Waals surface area contributed by atoms with Crippen molar-refractivity contribution in [3.63, 3.8) is 0 Å². The number of hydrogen-bond donors (Lipinski definition) is 0. The zero-order valence-electron chi connectivity index (χ0n) is 11.4. The highest BCUT2D eigenvalue weighted by atomic mass is 19.1. The van der Waals surface area contributed by atoms with E-state index in [0.29, 0.717) is 22.4 Å². The lowest BCUT2D eigenvalue weighted by molar-refractivity contribution is 0.0597. The zero-order chi connectivity index (χ0) is 14.5. The fourth-order valence-corrected chi connectivity index (χ4v) is 1.78. The van der Waals surface area contributed by atoms with Crippen molar-refractivity contribution in [2.45, 2.75) is 13.5 Å². The number of benzene rings is 2. The van der Waals surface area contributed by atoms with E-state index in [-0.39, 0.29) is 12.4 Å². The summed E-state index contributed by atoms with van der Waals surface area (Å²) in [5, 5.41) is 0. The molecule has 3 nitrogen and oxygen atoms in total. The van der Waals surface area contributed by atoms with Crippen molar-refractivity contribution in [2.24, 2.45) is 0 Å². The molecule has 0 aliphatic heterocycles. The molecule has 2 aromatic rings. The normalized spacial score (nSPS) is 10.2. The lowest BCUT2D eigenvalue weighted by Crippen LogP contribution is -2.07. The van der Waals surface area contributed by atoms with Crippen LogP contribution in [0.15, 0.2) is 42.5 Å². The minimum atomic E-state index is -0.417. The molecule has 0 spiro atoms. The van der Waals surface area contributed by atoms with Crippen molar-refractivity contribution >= 4 is 5.97 Å². The Kier molecular flexibility index (Phi) is 4.35. The SMILES string of the molecule is COC(=O)c1ccccc1COc1ccc(C)c(F)c1. The van der Waals surface area contributed by atoms with E-state index in [9.17, 15) is 9.18 Å². The number of aryl methyl sites for hydroxylation is 1. The van der Waals surface area contributed by atoms with Gasteiger partial charge < -0.3 is 9.47 Å². The number of carbonyl (C=O) groups excluding carboxylic acids is 1. The Hall–Kier alpha value is -2.36. The summed E-state index contributed by atoms with van der Waals surface area (Å²) in [4.78, 5) is 11.6. The fraction of sp³-hybridized carbons (Fsp3) is 0.188. The van der Waals surface area contributed by atoms with Crippen LogP contribution < -0.4 is 4.74 Å². The number of carbonyl (C=O) groups is 1.